The maximum atomic E-state index is 4.46. The second-order valence-electron chi connectivity index (χ2n) is 4.47. The van der Waals surface area contributed by atoms with Gasteiger partial charge in [0.05, 0.1) is 12.0 Å². The van der Waals surface area contributed by atoms with Gasteiger partial charge >= 0.3 is 0 Å². The van der Waals surface area contributed by atoms with E-state index < -0.39 is 0 Å². The van der Waals surface area contributed by atoms with Gasteiger partial charge in [0.1, 0.15) is 0 Å². The van der Waals surface area contributed by atoms with Gasteiger partial charge < -0.3 is 14.8 Å². The Kier molecular flexibility index (Phi) is 3.07. The zero-order valence-corrected chi connectivity index (χ0v) is 9.82. The maximum absolute atomic E-state index is 4.46. The average Bonchev–Trinajstić information content (AvgIpc) is 2.61. The number of nitrogens with one attached hydrogen (secondary N) is 1. The SMILES string of the molecule is CNCc1ncn2c1CC(N(C)C)CC2. The molecule has 1 N–H and O–H groups in total. The smallest absolute Gasteiger partial charge is 0.0952 e. The Hall–Kier alpha value is -0.870. The van der Waals surface area contributed by atoms with Crippen LogP contribution in [0.5, 0.6) is 0 Å². The molecule has 0 bridgehead atoms. The molecule has 84 valence electrons. The van der Waals surface area contributed by atoms with Gasteiger partial charge in [-0.1, -0.05) is 0 Å². The average molecular weight is 208 g/mol. The second-order valence-corrected chi connectivity index (χ2v) is 4.47. The van der Waals surface area contributed by atoms with Crippen LogP contribution < -0.4 is 5.32 Å². The van der Waals surface area contributed by atoms with Crippen LogP contribution in [0, 0.1) is 0 Å². The van der Waals surface area contributed by atoms with Crippen molar-refractivity contribution in [2.45, 2.75) is 32.0 Å². The number of nitrogens with zero attached hydrogens (tertiary/aromatic N) is 3. The summed E-state index contributed by atoms with van der Waals surface area (Å²) in [6.07, 6.45) is 4.34. The fraction of sp³-hybridized carbons (Fsp3) is 0.727. The highest BCUT2D eigenvalue weighted by Crippen LogP contribution is 2.20. The van der Waals surface area contributed by atoms with Gasteiger partial charge in [-0.15, -0.1) is 0 Å². The van der Waals surface area contributed by atoms with Crippen LogP contribution in [0.25, 0.3) is 0 Å². The first-order valence-electron chi connectivity index (χ1n) is 5.56. The number of likely N-dealkylation sites (N-methyl/N-ethyl adjacent to an activating group) is 1. The van der Waals surface area contributed by atoms with Crippen molar-refractivity contribution in [3.8, 4) is 0 Å². The molecule has 0 amide bonds. The number of rotatable bonds is 3. The lowest BCUT2D eigenvalue weighted by molar-refractivity contribution is 0.245. The molecule has 4 heteroatoms. The Morgan fingerprint density at radius 3 is 3.07 bits per heavy atom. The molecule has 0 saturated carbocycles. The summed E-state index contributed by atoms with van der Waals surface area (Å²) in [5, 5.41) is 3.17. The van der Waals surface area contributed by atoms with Crippen molar-refractivity contribution < 1.29 is 0 Å². The number of hydrogen-bond acceptors (Lipinski definition) is 3. The first-order chi connectivity index (χ1) is 7.22. The maximum Gasteiger partial charge on any atom is 0.0952 e. The van der Waals surface area contributed by atoms with Crippen LogP contribution in [0.3, 0.4) is 0 Å². The number of imidazole rings is 1. The minimum atomic E-state index is 0.671. The summed E-state index contributed by atoms with van der Waals surface area (Å²) in [5.41, 5.74) is 2.62. The van der Waals surface area contributed by atoms with Crippen molar-refractivity contribution >= 4 is 0 Å². The third-order valence-corrected chi connectivity index (χ3v) is 3.24. The molecule has 0 aromatic carbocycles. The summed E-state index contributed by atoms with van der Waals surface area (Å²) in [7, 11) is 6.29. The highest BCUT2D eigenvalue weighted by atomic mass is 15.1. The fourth-order valence-electron chi connectivity index (χ4n) is 2.25. The first-order valence-corrected chi connectivity index (χ1v) is 5.56. The van der Waals surface area contributed by atoms with E-state index >= 15 is 0 Å². The van der Waals surface area contributed by atoms with Gasteiger partial charge in [0, 0.05) is 31.2 Å². The van der Waals surface area contributed by atoms with Crippen molar-refractivity contribution in [2.24, 2.45) is 0 Å². The molecule has 1 atom stereocenters. The molecule has 0 aliphatic carbocycles. The number of fused-ring (bicyclic) bond motifs is 1. The minimum Gasteiger partial charge on any atom is -0.334 e. The highest BCUT2D eigenvalue weighted by Gasteiger charge is 2.22. The van der Waals surface area contributed by atoms with E-state index in [0.29, 0.717) is 6.04 Å². The predicted octanol–water partition coefficient (Wildman–Crippen LogP) is 0.479. The highest BCUT2D eigenvalue weighted by molar-refractivity contribution is 5.16. The van der Waals surface area contributed by atoms with Crippen LogP contribution in [0.4, 0.5) is 0 Å². The molecule has 0 radical (unpaired) electrons. The van der Waals surface area contributed by atoms with E-state index in [1.54, 1.807) is 0 Å². The Bertz CT molecular complexity index is 329. The summed E-state index contributed by atoms with van der Waals surface area (Å²) >= 11 is 0. The Morgan fingerprint density at radius 2 is 2.40 bits per heavy atom. The molecule has 2 rings (SSSR count). The molecule has 0 fully saturated rings. The third kappa shape index (κ3) is 2.06. The van der Waals surface area contributed by atoms with E-state index in [1.807, 2.05) is 13.4 Å². The normalized spacial score (nSPS) is 20.7. The van der Waals surface area contributed by atoms with Crippen molar-refractivity contribution in [1.29, 1.82) is 0 Å². The lowest BCUT2D eigenvalue weighted by atomic mass is 10.0. The van der Waals surface area contributed by atoms with Crippen LogP contribution in [0.1, 0.15) is 17.8 Å². The van der Waals surface area contributed by atoms with Crippen molar-refractivity contribution in [3.05, 3.63) is 17.7 Å². The number of aromatic nitrogens is 2. The third-order valence-electron chi connectivity index (χ3n) is 3.24. The lowest BCUT2D eigenvalue weighted by Crippen LogP contribution is -2.35. The molecular weight excluding hydrogens is 188 g/mol. The molecule has 15 heavy (non-hydrogen) atoms. The molecule has 1 aromatic heterocycles. The topological polar surface area (TPSA) is 33.1 Å². The van der Waals surface area contributed by atoms with E-state index in [4.69, 9.17) is 0 Å². The Morgan fingerprint density at radius 1 is 1.60 bits per heavy atom. The van der Waals surface area contributed by atoms with E-state index in [-0.39, 0.29) is 0 Å². The number of hydrogen-bond donors (Lipinski definition) is 1. The van der Waals surface area contributed by atoms with Crippen molar-refractivity contribution in [2.75, 3.05) is 21.1 Å². The van der Waals surface area contributed by atoms with Crippen molar-refractivity contribution in [3.63, 3.8) is 0 Å². The zero-order chi connectivity index (χ0) is 10.8. The summed E-state index contributed by atoms with van der Waals surface area (Å²) < 4.78 is 2.30. The minimum absolute atomic E-state index is 0.671. The quantitative estimate of drug-likeness (QED) is 0.784. The molecule has 4 nitrogen and oxygen atoms in total. The molecule has 1 unspecified atom stereocenters. The monoisotopic (exact) mass is 208 g/mol. The van der Waals surface area contributed by atoms with Gasteiger partial charge in [-0.3, -0.25) is 0 Å². The molecule has 0 saturated heterocycles. The van der Waals surface area contributed by atoms with Gasteiger partial charge in [-0.05, 0) is 27.6 Å². The van der Waals surface area contributed by atoms with E-state index in [2.05, 4.69) is 33.9 Å². The van der Waals surface area contributed by atoms with Gasteiger partial charge in [-0.2, -0.15) is 0 Å². The van der Waals surface area contributed by atoms with E-state index in [0.717, 1.165) is 19.5 Å². The molecule has 1 aliphatic rings. The predicted molar refractivity (Wildman–Crippen MR) is 60.8 cm³/mol. The summed E-state index contributed by atoms with van der Waals surface area (Å²) in [6.45, 7) is 1.98. The van der Waals surface area contributed by atoms with Gasteiger partial charge in [-0.25, -0.2) is 4.98 Å². The largest absolute Gasteiger partial charge is 0.334 e. The Balaban J connectivity index is 2.18. The molecule has 2 heterocycles. The first kappa shape index (κ1) is 10.6. The summed E-state index contributed by atoms with van der Waals surface area (Å²) in [6, 6.07) is 0.671. The van der Waals surface area contributed by atoms with Gasteiger partial charge in [0.25, 0.3) is 0 Å². The molecular formula is C11H20N4. The second kappa shape index (κ2) is 4.33. The van der Waals surface area contributed by atoms with Crippen LogP contribution in [-0.4, -0.2) is 41.6 Å². The summed E-state index contributed by atoms with van der Waals surface area (Å²) in [4.78, 5) is 6.78. The van der Waals surface area contributed by atoms with E-state index in [1.165, 1.54) is 17.8 Å². The standard InChI is InChI=1S/C11H20N4/c1-12-7-10-11-6-9(14(2)3)4-5-15(11)8-13-10/h8-9,12H,4-7H2,1-3H3. The molecule has 0 spiro atoms. The van der Waals surface area contributed by atoms with Crippen LogP contribution >= 0.6 is 0 Å². The molecule has 1 aromatic rings. The van der Waals surface area contributed by atoms with Gasteiger partial charge in [0.15, 0.2) is 0 Å². The van der Waals surface area contributed by atoms with Crippen LogP contribution in [0.15, 0.2) is 6.33 Å². The lowest BCUT2D eigenvalue weighted by Gasteiger charge is -2.29. The van der Waals surface area contributed by atoms with Gasteiger partial charge in [0.2, 0.25) is 0 Å². The van der Waals surface area contributed by atoms with Crippen LogP contribution in [-0.2, 0) is 19.5 Å². The fourth-order valence-corrected chi connectivity index (χ4v) is 2.25. The zero-order valence-electron chi connectivity index (χ0n) is 9.82. The molecule has 1 aliphatic heterocycles. The Labute approximate surface area is 91.3 Å². The van der Waals surface area contributed by atoms with E-state index in [9.17, 15) is 0 Å². The van der Waals surface area contributed by atoms with Crippen LogP contribution in [0.2, 0.25) is 0 Å². The van der Waals surface area contributed by atoms with Crippen molar-refractivity contribution in [1.82, 2.24) is 19.8 Å². The number of aryl methyl sites for hydroxylation is 1. The summed E-state index contributed by atoms with van der Waals surface area (Å²) in [5.74, 6) is 0.